The second-order valence-corrected chi connectivity index (χ2v) is 8.45. The Morgan fingerprint density at radius 1 is 1.23 bits per heavy atom. The number of hydrogen-bond acceptors (Lipinski definition) is 4. The van der Waals surface area contributed by atoms with Gasteiger partial charge in [-0.05, 0) is 71.6 Å². The monoisotopic (exact) mass is 417 g/mol. The fourth-order valence-electron chi connectivity index (χ4n) is 3.30. The van der Waals surface area contributed by atoms with Crippen molar-refractivity contribution >= 4 is 12.1 Å². The lowest BCUT2D eigenvalue weighted by atomic mass is 9.91. The molecule has 0 radical (unpaired) electrons. The largest absolute Gasteiger partial charge is 0.444 e. The topological polar surface area (TPSA) is 98.5 Å². The Hall–Kier alpha value is -2.82. The van der Waals surface area contributed by atoms with Crippen LogP contribution in [0.2, 0.25) is 0 Å². The first-order valence-electron chi connectivity index (χ1n) is 10.4. The molecule has 1 amide bonds. The molecular formula is C22H32FN5O2. The van der Waals surface area contributed by atoms with Gasteiger partial charge in [0.05, 0.1) is 18.2 Å². The van der Waals surface area contributed by atoms with Gasteiger partial charge in [0.1, 0.15) is 11.4 Å². The van der Waals surface area contributed by atoms with Crippen molar-refractivity contribution in [2.24, 2.45) is 4.99 Å². The zero-order valence-corrected chi connectivity index (χ0v) is 18.2. The number of hydrogen-bond donors (Lipinski definition) is 3. The Bertz CT molecular complexity index is 790. The van der Waals surface area contributed by atoms with Crippen molar-refractivity contribution in [1.82, 2.24) is 16.0 Å². The molecule has 0 heterocycles. The maximum Gasteiger partial charge on any atom is 0.407 e. The molecule has 2 rings (SSSR count). The van der Waals surface area contributed by atoms with Crippen LogP contribution in [-0.4, -0.2) is 36.3 Å². The lowest BCUT2D eigenvalue weighted by Crippen LogP contribution is -2.48. The van der Waals surface area contributed by atoms with Gasteiger partial charge in [0.25, 0.3) is 0 Å². The lowest BCUT2D eigenvalue weighted by molar-refractivity contribution is 0.0490. The van der Waals surface area contributed by atoms with E-state index in [1.165, 1.54) is 18.2 Å². The summed E-state index contributed by atoms with van der Waals surface area (Å²) >= 11 is 0. The number of benzene rings is 1. The van der Waals surface area contributed by atoms with Gasteiger partial charge >= 0.3 is 6.09 Å². The number of ether oxygens (including phenoxy) is 1. The van der Waals surface area contributed by atoms with Crippen LogP contribution in [0.15, 0.2) is 23.2 Å². The molecule has 0 aromatic heterocycles. The number of halogens is 1. The molecule has 0 spiro atoms. The molecule has 1 aromatic rings. The van der Waals surface area contributed by atoms with Crippen molar-refractivity contribution in [3.05, 3.63) is 35.1 Å². The van der Waals surface area contributed by atoms with Crippen LogP contribution in [0.3, 0.4) is 0 Å². The number of alkyl carbamates (subject to hydrolysis) is 1. The van der Waals surface area contributed by atoms with E-state index in [0.717, 1.165) is 25.7 Å². The average molecular weight is 418 g/mol. The minimum absolute atomic E-state index is 0.0974. The molecule has 1 fully saturated rings. The van der Waals surface area contributed by atoms with E-state index in [9.17, 15) is 9.18 Å². The summed E-state index contributed by atoms with van der Waals surface area (Å²) in [5.41, 5.74) is 0.290. The van der Waals surface area contributed by atoms with E-state index >= 15 is 0 Å². The summed E-state index contributed by atoms with van der Waals surface area (Å²) in [6.45, 7) is 8.33. The Morgan fingerprint density at radius 2 is 1.87 bits per heavy atom. The first-order chi connectivity index (χ1) is 14.2. The first kappa shape index (κ1) is 23.5. The molecule has 1 aromatic carbocycles. The smallest absolute Gasteiger partial charge is 0.407 e. The number of carbonyl (C=O) groups excluding carboxylic acids is 1. The third kappa shape index (κ3) is 7.90. The molecule has 0 bridgehead atoms. The molecule has 1 aliphatic carbocycles. The van der Waals surface area contributed by atoms with Crippen molar-refractivity contribution in [2.45, 2.75) is 77.6 Å². The fourth-order valence-corrected chi connectivity index (χ4v) is 3.30. The van der Waals surface area contributed by atoms with Gasteiger partial charge in [0.2, 0.25) is 0 Å². The lowest BCUT2D eigenvalue weighted by Gasteiger charge is -2.31. The van der Waals surface area contributed by atoms with Crippen LogP contribution in [0.25, 0.3) is 0 Å². The molecule has 0 atom stereocenters. The summed E-state index contributed by atoms with van der Waals surface area (Å²) in [6, 6.07) is 6.60. The number of nitriles is 1. The van der Waals surface area contributed by atoms with E-state index in [0.29, 0.717) is 23.6 Å². The van der Waals surface area contributed by atoms with Gasteiger partial charge in [0.15, 0.2) is 5.96 Å². The summed E-state index contributed by atoms with van der Waals surface area (Å²) in [6.07, 6.45) is 3.06. The highest BCUT2D eigenvalue weighted by Crippen LogP contribution is 2.19. The number of amides is 1. The Balaban J connectivity index is 1.88. The van der Waals surface area contributed by atoms with E-state index in [2.05, 4.69) is 20.9 Å². The third-order valence-electron chi connectivity index (χ3n) is 4.72. The molecule has 30 heavy (non-hydrogen) atoms. The van der Waals surface area contributed by atoms with Gasteiger partial charge in [-0.3, -0.25) is 0 Å². The Morgan fingerprint density at radius 3 is 2.43 bits per heavy atom. The molecule has 8 heteroatoms. The van der Waals surface area contributed by atoms with Crippen molar-refractivity contribution in [1.29, 1.82) is 5.26 Å². The van der Waals surface area contributed by atoms with Gasteiger partial charge < -0.3 is 20.7 Å². The van der Waals surface area contributed by atoms with Crippen molar-refractivity contribution in [3.63, 3.8) is 0 Å². The minimum atomic E-state index is -0.508. The highest BCUT2D eigenvalue weighted by atomic mass is 19.1. The van der Waals surface area contributed by atoms with Gasteiger partial charge in [-0.15, -0.1) is 0 Å². The van der Waals surface area contributed by atoms with Crippen molar-refractivity contribution in [3.8, 4) is 6.07 Å². The number of rotatable bonds is 5. The minimum Gasteiger partial charge on any atom is -0.444 e. The van der Waals surface area contributed by atoms with Crippen LogP contribution in [0.4, 0.5) is 9.18 Å². The van der Waals surface area contributed by atoms with Crippen LogP contribution in [0.5, 0.6) is 0 Å². The predicted octanol–water partition coefficient (Wildman–Crippen LogP) is 3.59. The van der Waals surface area contributed by atoms with Crippen LogP contribution >= 0.6 is 0 Å². The van der Waals surface area contributed by atoms with Crippen LogP contribution in [0.1, 0.15) is 64.5 Å². The predicted molar refractivity (Wildman–Crippen MR) is 114 cm³/mol. The van der Waals surface area contributed by atoms with Gasteiger partial charge in [-0.2, -0.15) is 5.26 Å². The van der Waals surface area contributed by atoms with Gasteiger partial charge in [-0.1, -0.05) is 0 Å². The second-order valence-electron chi connectivity index (χ2n) is 8.45. The highest BCUT2D eigenvalue weighted by molar-refractivity contribution is 5.80. The standard InChI is InChI=1S/C22H32FN5O2/c1-5-25-20(26-14-16-12-15(13-24)6-11-19(16)23)27-17-7-9-18(10-8-17)28-21(29)30-22(2,3)4/h6,11-12,17-18H,5,7-10,14H2,1-4H3,(H,28,29)(H2,25,26,27). The van der Waals surface area contributed by atoms with E-state index in [-0.39, 0.29) is 30.5 Å². The van der Waals surface area contributed by atoms with E-state index in [4.69, 9.17) is 10.00 Å². The Labute approximate surface area is 178 Å². The van der Waals surface area contributed by atoms with Crippen LogP contribution in [0, 0.1) is 17.1 Å². The molecular weight excluding hydrogens is 385 g/mol. The summed E-state index contributed by atoms with van der Waals surface area (Å²) in [5.74, 6) is 0.241. The molecule has 164 valence electrons. The maximum absolute atomic E-state index is 14.0. The Kier molecular flexibility index (Phi) is 8.46. The molecule has 1 aliphatic rings. The van der Waals surface area contributed by atoms with E-state index in [1.807, 2.05) is 33.8 Å². The highest BCUT2D eigenvalue weighted by Gasteiger charge is 2.25. The quantitative estimate of drug-likeness (QED) is 0.502. The van der Waals surface area contributed by atoms with Gasteiger partial charge in [0, 0.05) is 24.2 Å². The van der Waals surface area contributed by atoms with Crippen molar-refractivity contribution < 1.29 is 13.9 Å². The fraction of sp³-hybridized carbons (Fsp3) is 0.591. The second kappa shape index (κ2) is 10.8. The zero-order valence-electron chi connectivity index (χ0n) is 18.2. The zero-order chi connectivity index (χ0) is 22.1. The summed E-state index contributed by atoms with van der Waals surface area (Å²) in [4.78, 5) is 16.4. The molecule has 0 saturated heterocycles. The summed E-state index contributed by atoms with van der Waals surface area (Å²) < 4.78 is 19.3. The molecule has 0 unspecified atom stereocenters. The van der Waals surface area contributed by atoms with Gasteiger partial charge in [-0.25, -0.2) is 14.2 Å². The van der Waals surface area contributed by atoms with Crippen LogP contribution in [-0.2, 0) is 11.3 Å². The summed E-state index contributed by atoms with van der Waals surface area (Å²) in [5, 5.41) is 18.5. The first-order valence-corrected chi connectivity index (χ1v) is 10.4. The molecule has 7 nitrogen and oxygen atoms in total. The maximum atomic E-state index is 14.0. The van der Waals surface area contributed by atoms with Crippen molar-refractivity contribution in [2.75, 3.05) is 6.54 Å². The molecule has 0 aliphatic heterocycles. The summed E-state index contributed by atoms with van der Waals surface area (Å²) in [7, 11) is 0. The average Bonchev–Trinajstić information content (AvgIpc) is 2.67. The van der Waals surface area contributed by atoms with E-state index in [1.54, 1.807) is 0 Å². The SMILES string of the molecule is CCNC(=NCc1cc(C#N)ccc1F)NC1CCC(NC(=O)OC(C)(C)C)CC1. The van der Waals surface area contributed by atoms with E-state index < -0.39 is 5.60 Å². The number of nitrogens with one attached hydrogen (secondary N) is 3. The number of aliphatic imine (C=N–C) groups is 1. The molecule has 3 N–H and O–H groups in total. The molecule has 1 saturated carbocycles. The number of guanidine groups is 1. The van der Waals surface area contributed by atoms with Crippen LogP contribution < -0.4 is 16.0 Å². The normalized spacial score (nSPS) is 19.5. The number of nitrogens with zero attached hydrogens (tertiary/aromatic N) is 2. The number of carbonyl (C=O) groups is 1. The third-order valence-corrected chi connectivity index (χ3v) is 4.72.